The maximum absolute atomic E-state index is 11.4. The molecule has 1 aliphatic rings. The average Bonchev–Trinajstić information content (AvgIpc) is 2.74. The van der Waals surface area contributed by atoms with E-state index in [0.717, 1.165) is 22.1 Å². The Morgan fingerprint density at radius 3 is 2.55 bits per heavy atom. The van der Waals surface area contributed by atoms with E-state index in [0.29, 0.717) is 35.5 Å². The van der Waals surface area contributed by atoms with E-state index in [-0.39, 0.29) is 0 Å². The van der Waals surface area contributed by atoms with Gasteiger partial charge in [-0.3, -0.25) is 0 Å². The second-order valence-electron chi connectivity index (χ2n) is 5.30. The van der Waals surface area contributed by atoms with Crippen molar-refractivity contribution in [2.24, 2.45) is 5.92 Å². The number of hydrogen-bond donors (Lipinski definition) is 1. The number of rotatable bonds is 3. The van der Waals surface area contributed by atoms with Crippen LogP contribution in [0.25, 0.3) is 10.1 Å². The zero-order valence-electron chi connectivity index (χ0n) is 11.4. The molecule has 1 aromatic carbocycles. The summed E-state index contributed by atoms with van der Waals surface area (Å²) in [5, 5.41) is 10.4. The lowest BCUT2D eigenvalue weighted by Gasteiger charge is -2.18. The summed E-state index contributed by atoms with van der Waals surface area (Å²) in [7, 11) is 0. The SMILES string of the molecule is CC(C)Cc1c(C(=O)O)sc2cc3c(cc12)OCCO3. The van der Waals surface area contributed by atoms with Crippen LogP contribution in [0.2, 0.25) is 0 Å². The van der Waals surface area contributed by atoms with Crippen LogP contribution in [0.5, 0.6) is 11.5 Å². The van der Waals surface area contributed by atoms with Crippen LogP contribution >= 0.6 is 11.3 Å². The number of benzene rings is 1. The molecule has 3 rings (SSSR count). The summed E-state index contributed by atoms with van der Waals surface area (Å²) in [5.41, 5.74) is 0.907. The fourth-order valence-electron chi connectivity index (χ4n) is 2.47. The third kappa shape index (κ3) is 2.22. The van der Waals surface area contributed by atoms with Crippen LogP contribution in [0.3, 0.4) is 0 Å². The Kier molecular flexibility index (Phi) is 3.30. The van der Waals surface area contributed by atoms with E-state index in [2.05, 4.69) is 13.8 Å². The summed E-state index contributed by atoms with van der Waals surface area (Å²) >= 11 is 1.31. The van der Waals surface area contributed by atoms with Crippen molar-refractivity contribution in [1.29, 1.82) is 0 Å². The van der Waals surface area contributed by atoms with Gasteiger partial charge >= 0.3 is 5.97 Å². The van der Waals surface area contributed by atoms with E-state index >= 15 is 0 Å². The maximum Gasteiger partial charge on any atom is 0.346 e. The highest BCUT2D eigenvalue weighted by atomic mass is 32.1. The molecular formula is C15H16O4S. The van der Waals surface area contributed by atoms with Crippen LogP contribution in [0, 0.1) is 5.92 Å². The highest BCUT2D eigenvalue weighted by Gasteiger charge is 2.22. The summed E-state index contributed by atoms with van der Waals surface area (Å²) in [6, 6.07) is 3.81. The van der Waals surface area contributed by atoms with Gasteiger partial charge in [-0.05, 0) is 24.0 Å². The Morgan fingerprint density at radius 2 is 1.95 bits per heavy atom. The van der Waals surface area contributed by atoms with Crippen LogP contribution in [0.1, 0.15) is 29.1 Å². The number of carboxylic acids is 1. The van der Waals surface area contributed by atoms with E-state index in [1.807, 2.05) is 12.1 Å². The van der Waals surface area contributed by atoms with Crippen molar-refractivity contribution < 1.29 is 19.4 Å². The molecule has 1 N–H and O–H groups in total. The summed E-state index contributed by atoms with van der Waals surface area (Å²) in [5.74, 6) is 0.960. The number of hydrogen-bond acceptors (Lipinski definition) is 4. The third-order valence-corrected chi connectivity index (χ3v) is 4.45. The molecule has 0 atom stereocenters. The number of ether oxygens (including phenoxy) is 2. The molecule has 0 spiro atoms. The van der Waals surface area contributed by atoms with Crippen LogP contribution in [0.4, 0.5) is 0 Å². The van der Waals surface area contributed by atoms with E-state index in [1.165, 1.54) is 11.3 Å². The molecule has 2 aromatic rings. The number of thiophene rings is 1. The molecule has 1 aliphatic heterocycles. The van der Waals surface area contributed by atoms with Gasteiger partial charge in [-0.1, -0.05) is 13.8 Å². The van der Waals surface area contributed by atoms with Gasteiger partial charge in [0, 0.05) is 16.2 Å². The molecule has 0 radical (unpaired) electrons. The van der Waals surface area contributed by atoms with Crippen molar-refractivity contribution in [1.82, 2.24) is 0 Å². The lowest BCUT2D eigenvalue weighted by atomic mass is 9.99. The first-order valence-electron chi connectivity index (χ1n) is 6.64. The van der Waals surface area contributed by atoms with Gasteiger partial charge < -0.3 is 14.6 Å². The number of aromatic carboxylic acids is 1. The standard InChI is InChI=1S/C15H16O4S/c1-8(2)5-10-9-6-11-12(19-4-3-18-11)7-13(9)20-14(10)15(16)17/h6-8H,3-5H2,1-2H3,(H,16,17). The molecule has 0 unspecified atom stereocenters. The molecule has 106 valence electrons. The molecule has 20 heavy (non-hydrogen) atoms. The van der Waals surface area contributed by atoms with Gasteiger partial charge in [0.05, 0.1) is 0 Å². The maximum atomic E-state index is 11.4. The minimum absolute atomic E-state index is 0.402. The van der Waals surface area contributed by atoms with Crippen LogP contribution in [-0.2, 0) is 6.42 Å². The van der Waals surface area contributed by atoms with Crippen molar-refractivity contribution in [3.63, 3.8) is 0 Å². The summed E-state index contributed by atoms with van der Waals surface area (Å²) in [4.78, 5) is 11.9. The lowest BCUT2D eigenvalue weighted by Crippen LogP contribution is -2.15. The quantitative estimate of drug-likeness (QED) is 0.939. The van der Waals surface area contributed by atoms with Gasteiger partial charge in [-0.15, -0.1) is 11.3 Å². The molecular weight excluding hydrogens is 276 g/mol. The predicted molar refractivity (Wildman–Crippen MR) is 78.3 cm³/mol. The molecule has 4 nitrogen and oxygen atoms in total. The van der Waals surface area contributed by atoms with Crippen LogP contribution in [0.15, 0.2) is 12.1 Å². The monoisotopic (exact) mass is 292 g/mol. The van der Waals surface area contributed by atoms with Crippen molar-refractivity contribution in [3.8, 4) is 11.5 Å². The smallest absolute Gasteiger partial charge is 0.346 e. The third-order valence-electron chi connectivity index (χ3n) is 3.26. The Hall–Kier alpha value is -1.75. The highest BCUT2D eigenvalue weighted by molar-refractivity contribution is 7.21. The number of fused-ring (bicyclic) bond motifs is 2. The first-order valence-corrected chi connectivity index (χ1v) is 7.46. The molecule has 0 bridgehead atoms. The Labute approximate surface area is 120 Å². The number of carbonyl (C=O) groups is 1. The largest absolute Gasteiger partial charge is 0.486 e. The zero-order valence-corrected chi connectivity index (χ0v) is 12.3. The van der Waals surface area contributed by atoms with E-state index in [9.17, 15) is 9.90 Å². The first-order chi connectivity index (χ1) is 9.56. The van der Waals surface area contributed by atoms with Gasteiger partial charge in [-0.25, -0.2) is 4.79 Å². The van der Waals surface area contributed by atoms with E-state index < -0.39 is 5.97 Å². The lowest BCUT2D eigenvalue weighted by molar-refractivity contribution is 0.0701. The minimum atomic E-state index is -0.860. The van der Waals surface area contributed by atoms with Crippen molar-refractivity contribution in [2.45, 2.75) is 20.3 Å². The molecule has 0 amide bonds. The van der Waals surface area contributed by atoms with E-state index in [4.69, 9.17) is 9.47 Å². The Balaban J connectivity index is 2.21. The first kappa shape index (κ1) is 13.2. The molecule has 0 saturated heterocycles. The van der Waals surface area contributed by atoms with Gasteiger partial charge in [0.1, 0.15) is 18.1 Å². The fraction of sp³-hybridized carbons (Fsp3) is 0.400. The van der Waals surface area contributed by atoms with Crippen LogP contribution in [-0.4, -0.2) is 24.3 Å². The van der Waals surface area contributed by atoms with Crippen molar-refractivity contribution in [3.05, 3.63) is 22.6 Å². The van der Waals surface area contributed by atoms with Crippen LogP contribution < -0.4 is 9.47 Å². The topological polar surface area (TPSA) is 55.8 Å². The average molecular weight is 292 g/mol. The van der Waals surface area contributed by atoms with Crippen molar-refractivity contribution in [2.75, 3.05) is 13.2 Å². The molecule has 0 aliphatic carbocycles. The fourth-order valence-corrected chi connectivity index (χ4v) is 3.55. The second kappa shape index (κ2) is 4.98. The Bertz CT molecular complexity index is 672. The van der Waals surface area contributed by atoms with Gasteiger partial charge in [-0.2, -0.15) is 0 Å². The molecule has 5 heteroatoms. The minimum Gasteiger partial charge on any atom is -0.486 e. The predicted octanol–water partition coefficient (Wildman–Crippen LogP) is 3.57. The molecule has 0 saturated carbocycles. The van der Waals surface area contributed by atoms with E-state index in [1.54, 1.807) is 0 Å². The highest BCUT2D eigenvalue weighted by Crippen LogP contribution is 2.41. The zero-order chi connectivity index (χ0) is 14.3. The number of carboxylic acid groups (broad SMARTS) is 1. The Morgan fingerprint density at radius 1 is 1.30 bits per heavy atom. The molecule has 1 aromatic heterocycles. The van der Waals surface area contributed by atoms with Gasteiger partial charge in [0.15, 0.2) is 11.5 Å². The van der Waals surface area contributed by atoms with Gasteiger partial charge in [0.2, 0.25) is 0 Å². The summed E-state index contributed by atoms with van der Waals surface area (Å²) < 4.78 is 12.1. The van der Waals surface area contributed by atoms with Crippen molar-refractivity contribution >= 4 is 27.4 Å². The summed E-state index contributed by atoms with van der Waals surface area (Å²) in [6.45, 7) is 5.25. The molecule has 2 heterocycles. The summed E-state index contributed by atoms with van der Waals surface area (Å²) in [6.07, 6.45) is 0.751. The van der Waals surface area contributed by atoms with Gasteiger partial charge in [0.25, 0.3) is 0 Å². The molecule has 0 fully saturated rings. The normalized spacial score (nSPS) is 13.9. The second-order valence-corrected chi connectivity index (χ2v) is 6.36.